The van der Waals surface area contributed by atoms with Crippen LogP contribution in [0.1, 0.15) is 16.1 Å². The Bertz CT molecular complexity index is 797. The van der Waals surface area contributed by atoms with E-state index >= 15 is 0 Å². The average Bonchev–Trinajstić information content (AvgIpc) is 2.87. The number of rotatable bonds is 2. The van der Waals surface area contributed by atoms with Gasteiger partial charge in [0.2, 0.25) is 0 Å². The van der Waals surface area contributed by atoms with Crippen LogP contribution < -0.4 is 5.32 Å². The molecule has 20 heavy (non-hydrogen) atoms. The lowest BCUT2D eigenvalue weighted by molar-refractivity contribution is 0.102. The van der Waals surface area contributed by atoms with Gasteiger partial charge in [-0.3, -0.25) is 4.79 Å². The number of aryl methyl sites for hydroxylation is 1. The third-order valence-electron chi connectivity index (χ3n) is 2.99. The second kappa shape index (κ2) is 5.34. The van der Waals surface area contributed by atoms with Crippen LogP contribution in [0.15, 0.2) is 46.3 Å². The smallest absolute Gasteiger partial charge is 0.258 e. The van der Waals surface area contributed by atoms with Gasteiger partial charge in [0, 0.05) is 19.9 Å². The summed E-state index contributed by atoms with van der Waals surface area (Å²) in [5, 5.41) is 5.70. The lowest BCUT2D eigenvalue weighted by Crippen LogP contribution is -2.12. The van der Waals surface area contributed by atoms with Crippen molar-refractivity contribution in [1.82, 2.24) is 4.98 Å². The number of nitrogens with one attached hydrogen (secondary N) is 1. The summed E-state index contributed by atoms with van der Waals surface area (Å²) in [6, 6.07) is 11.5. The SMILES string of the molecule is Cc1nc(NC(=O)c2csc3ccccc23)ccc1Br. The number of thiophene rings is 1. The standard InChI is InChI=1S/C15H11BrN2OS/c1-9-12(16)6-7-14(17-9)18-15(19)11-8-20-13-5-3-2-4-10(11)13/h2-8H,1H3,(H,17,18,19). The molecule has 0 bridgehead atoms. The number of carbonyl (C=O) groups excluding carboxylic acids is 1. The fourth-order valence-electron chi connectivity index (χ4n) is 1.95. The Balaban J connectivity index is 1.91. The number of anilines is 1. The van der Waals surface area contributed by atoms with Gasteiger partial charge < -0.3 is 5.32 Å². The lowest BCUT2D eigenvalue weighted by Gasteiger charge is -2.05. The predicted octanol–water partition coefficient (Wildman–Crippen LogP) is 4.62. The predicted molar refractivity (Wildman–Crippen MR) is 86.5 cm³/mol. The number of benzene rings is 1. The summed E-state index contributed by atoms with van der Waals surface area (Å²) in [5.74, 6) is 0.433. The van der Waals surface area contributed by atoms with Crippen LogP contribution in [0.2, 0.25) is 0 Å². The lowest BCUT2D eigenvalue weighted by atomic mass is 10.1. The number of pyridine rings is 1. The molecule has 0 spiro atoms. The second-order valence-electron chi connectivity index (χ2n) is 4.36. The van der Waals surface area contributed by atoms with E-state index in [2.05, 4.69) is 26.2 Å². The zero-order valence-electron chi connectivity index (χ0n) is 10.7. The monoisotopic (exact) mass is 346 g/mol. The molecule has 0 saturated carbocycles. The van der Waals surface area contributed by atoms with Crippen molar-refractivity contribution in [3.05, 3.63) is 57.5 Å². The highest BCUT2D eigenvalue weighted by molar-refractivity contribution is 9.10. The first kappa shape index (κ1) is 13.3. The Morgan fingerprint density at radius 3 is 2.85 bits per heavy atom. The number of hydrogen-bond donors (Lipinski definition) is 1. The normalized spacial score (nSPS) is 10.7. The van der Waals surface area contributed by atoms with Gasteiger partial charge in [0.15, 0.2) is 0 Å². The van der Waals surface area contributed by atoms with Crippen LogP contribution in [0.5, 0.6) is 0 Å². The van der Waals surface area contributed by atoms with E-state index in [9.17, 15) is 4.79 Å². The van der Waals surface area contributed by atoms with Crippen LogP contribution in [0, 0.1) is 6.92 Å². The van der Waals surface area contributed by atoms with Crippen LogP contribution in [0.3, 0.4) is 0 Å². The summed E-state index contributed by atoms with van der Waals surface area (Å²) in [5.41, 5.74) is 1.53. The zero-order valence-corrected chi connectivity index (χ0v) is 13.1. The molecule has 0 atom stereocenters. The van der Waals surface area contributed by atoms with Crippen LogP contribution in [-0.4, -0.2) is 10.9 Å². The minimum atomic E-state index is -0.128. The number of halogens is 1. The summed E-state index contributed by atoms with van der Waals surface area (Å²) >= 11 is 4.96. The van der Waals surface area contributed by atoms with E-state index in [1.165, 1.54) is 0 Å². The molecule has 1 aromatic carbocycles. The van der Waals surface area contributed by atoms with Gasteiger partial charge in [-0.2, -0.15) is 0 Å². The topological polar surface area (TPSA) is 42.0 Å². The first-order valence-corrected chi connectivity index (χ1v) is 7.73. The second-order valence-corrected chi connectivity index (χ2v) is 6.13. The minimum absolute atomic E-state index is 0.128. The molecule has 0 aliphatic rings. The number of hydrogen-bond acceptors (Lipinski definition) is 3. The number of amides is 1. The molecular weight excluding hydrogens is 336 g/mol. The summed E-state index contributed by atoms with van der Waals surface area (Å²) in [6.45, 7) is 1.89. The molecule has 1 amide bonds. The first-order chi connectivity index (χ1) is 9.65. The van der Waals surface area contributed by atoms with Crippen molar-refractivity contribution in [2.75, 3.05) is 5.32 Å². The highest BCUT2D eigenvalue weighted by atomic mass is 79.9. The molecule has 1 N–H and O–H groups in total. The van der Waals surface area contributed by atoms with Crippen LogP contribution in [-0.2, 0) is 0 Å². The first-order valence-electron chi connectivity index (χ1n) is 6.06. The Hall–Kier alpha value is -1.72. The molecule has 5 heteroatoms. The number of aromatic nitrogens is 1. The van der Waals surface area contributed by atoms with E-state index in [4.69, 9.17) is 0 Å². The van der Waals surface area contributed by atoms with Gasteiger partial charge in [0.25, 0.3) is 5.91 Å². The van der Waals surface area contributed by atoms with Crippen molar-refractivity contribution < 1.29 is 4.79 Å². The molecule has 3 rings (SSSR count). The van der Waals surface area contributed by atoms with Gasteiger partial charge in [-0.25, -0.2) is 4.98 Å². The maximum atomic E-state index is 12.3. The van der Waals surface area contributed by atoms with E-state index in [1.54, 1.807) is 17.4 Å². The van der Waals surface area contributed by atoms with Crippen molar-refractivity contribution in [1.29, 1.82) is 0 Å². The van der Waals surface area contributed by atoms with E-state index in [0.717, 1.165) is 20.3 Å². The number of fused-ring (bicyclic) bond motifs is 1. The fourth-order valence-corrected chi connectivity index (χ4v) is 3.11. The molecule has 2 heterocycles. The zero-order chi connectivity index (χ0) is 14.1. The molecule has 3 nitrogen and oxygen atoms in total. The highest BCUT2D eigenvalue weighted by Crippen LogP contribution is 2.26. The third-order valence-corrected chi connectivity index (χ3v) is 4.79. The van der Waals surface area contributed by atoms with Crippen molar-refractivity contribution in [2.24, 2.45) is 0 Å². The molecule has 0 radical (unpaired) electrons. The third kappa shape index (κ3) is 2.46. The molecule has 100 valence electrons. The highest BCUT2D eigenvalue weighted by Gasteiger charge is 2.12. The molecule has 0 fully saturated rings. The number of carbonyl (C=O) groups is 1. The van der Waals surface area contributed by atoms with E-state index in [-0.39, 0.29) is 5.91 Å². The van der Waals surface area contributed by atoms with Gasteiger partial charge in [-0.15, -0.1) is 11.3 Å². The van der Waals surface area contributed by atoms with Crippen molar-refractivity contribution in [2.45, 2.75) is 6.92 Å². The summed E-state index contributed by atoms with van der Waals surface area (Å²) in [6.07, 6.45) is 0. The largest absolute Gasteiger partial charge is 0.307 e. The Morgan fingerprint density at radius 2 is 2.05 bits per heavy atom. The Labute approximate surface area is 128 Å². The van der Waals surface area contributed by atoms with Gasteiger partial charge in [0.05, 0.1) is 11.3 Å². The van der Waals surface area contributed by atoms with Crippen molar-refractivity contribution in [3.63, 3.8) is 0 Å². The molecule has 0 aliphatic heterocycles. The van der Waals surface area contributed by atoms with Crippen LogP contribution in [0.25, 0.3) is 10.1 Å². The minimum Gasteiger partial charge on any atom is -0.307 e. The number of nitrogens with zero attached hydrogens (tertiary/aromatic N) is 1. The fraction of sp³-hybridized carbons (Fsp3) is 0.0667. The molecular formula is C15H11BrN2OS. The molecule has 0 aliphatic carbocycles. The van der Waals surface area contributed by atoms with Crippen LogP contribution >= 0.6 is 27.3 Å². The van der Waals surface area contributed by atoms with E-state index in [0.29, 0.717) is 11.4 Å². The van der Waals surface area contributed by atoms with Gasteiger partial charge in [0.1, 0.15) is 5.82 Å². The Morgan fingerprint density at radius 1 is 1.25 bits per heavy atom. The van der Waals surface area contributed by atoms with Gasteiger partial charge >= 0.3 is 0 Å². The molecule has 0 unspecified atom stereocenters. The molecule has 0 saturated heterocycles. The van der Waals surface area contributed by atoms with Crippen molar-refractivity contribution >= 4 is 49.1 Å². The summed E-state index contributed by atoms with van der Waals surface area (Å²) in [4.78, 5) is 16.7. The van der Waals surface area contributed by atoms with E-state index < -0.39 is 0 Å². The van der Waals surface area contributed by atoms with E-state index in [1.807, 2.05) is 42.6 Å². The van der Waals surface area contributed by atoms with Gasteiger partial charge in [-0.05, 0) is 41.1 Å². The summed E-state index contributed by atoms with van der Waals surface area (Å²) in [7, 11) is 0. The maximum absolute atomic E-state index is 12.3. The van der Waals surface area contributed by atoms with Crippen molar-refractivity contribution in [3.8, 4) is 0 Å². The maximum Gasteiger partial charge on any atom is 0.258 e. The molecule has 3 aromatic rings. The quantitative estimate of drug-likeness (QED) is 0.735. The van der Waals surface area contributed by atoms with Gasteiger partial charge in [-0.1, -0.05) is 18.2 Å². The van der Waals surface area contributed by atoms with Crippen LogP contribution in [0.4, 0.5) is 5.82 Å². The average molecular weight is 347 g/mol. The summed E-state index contributed by atoms with van der Waals surface area (Å²) < 4.78 is 2.04. The molecule has 2 aromatic heterocycles. The Kier molecular flexibility index (Phi) is 3.54.